The van der Waals surface area contributed by atoms with Crippen LogP contribution in [-0.2, 0) is 28.4 Å². The van der Waals surface area contributed by atoms with E-state index in [1.54, 1.807) is 6.92 Å². The van der Waals surface area contributed by atoms with Crippen molar-refractivity contribution in [3.63, 3.8) is 0 Å². The van der Waals surface area contributed by atoms with Crippen molar-refractivity contribution in [1.82, 2.24) is 4.90 Å². The molecule has 2 aliphatic heterocycles. The predicted octanol–water partition coefficient (Wildman–Crippen LogP) is 2.96. The SMILES string of the molecule is C=CC1(COC(=O)C(=C)C)OC(C)C2C(=O)N(CCCCCCCCCP(=O)(O)O)C(=O)C21. The quantitative estimate of drug-likeness (QED) is 0.0959. The number of hydrogen-bond donors (Lipinski definition) is 2. The summed E-state index contributed by atoms with van der Waals surface area (Å²) in [5, 5.41) is 0. The summed E-state index contributed by atoms with van der Waals surface area (Å²) in [6, 6.07) is 0. The number of unbranched alkanes of at least 4 members (excludes halogenated alkanes) is 6. The molecule has 9 nitrogen and oxygen atoms in total. The maximum absolute atomic E-state index is 13.2. The van der Waals surface area contributed by atoms with Crippen molar-refractivity contribution in [2.45, 2.75) is 70.5 Å². The summed E-state index contributed by atoms with van der Waals surface area (Å²) in [5.41, 5.74) is -1.02. The van der Waals surface area contributed by atoms with Gasteiger partial charge in [0.2, 0.25) is 11.8 Å². The number of fused-ring (bicyclic) bond motifs is 1. The Morgan fingerprint density at radius 2 is 1.73 bits per heavy atom. The zero-order valence-corrected chi connectivity index (χ0v) is 20.4. The zero-order chi connectivity index (χ0) is 24.8. The molecule has 0 spiro atoms. The molecule has 2 fully saturated rings. The first kappa shape index (κ1) is 27.4. The Morgan fingerprint density at radius 3 is 2.27 bits per heavy atom. The third kappa shape index (κ3) is 6.85. The van der Waals surface area contributed by atoms with E-state index in [1.807, 2.05) is 0 Å². The van der Waals surface area contributed by atoms with Crippen molar-refractivity contribution in [2.24, 2.45) is 11.8 Å². The Balaban J connectivity index is 1.84. The number of esters is 1. The van der Waals surface area contributed by atoms with Gasteiger partial charge in [-0.15, -0.1) is 6.58 Å². The average molecular weight is 486 g/mol. The average Bonchev–Trinajstić information content (AvgIpc) is 3.17. The van der Waals surface area contributed by atoms with Gasteiger partial charge in [-0.1, -0.05) is 44.8 Å². The molecule has 2 N–H and O–H groups in total. The summed E-state index contributed by atoms with van der Waals surface area (Å²) in [5.74, 6) is -2.58. The van der Waals surface area contributed by atoms with Crippen LogP contribution in [0.25, 0.3) is 0 Å². The molecule has 186 valence electrons. The van der Waals surface area contributed by atoms with Gasteiger partial charge in [0.05, 0.1) is 17.9 Å². The second-order valence-corrected chi connectivity index (χ2v) is 10.8. The van der Waals surface area contributed by atoms with Gasteiger partial charge in [0.25, 0.3) is 0 Å². The Morgan fingerprint density at radius 1 is 1.15 bits per heavy atom. The third-order valence-electron chi connectivity index (χ3n) is 6.33. The molecule has 2 saturated heterocycles. The first-order chi connectivity index (χ1) is 15.4. The minimum absolute atomic E-state index is 0.0742. The highest BCUT2D eigenvalue weighted by Crippen LogP contribution is 2.47. The van der Waals surface area contributed by atoms with Crippen LogP contribution < -0.4 is 0 Å². The van der Waals surface area contributed by atoms with Crippen LogP contribution in [0.1, 0.15) is 58.8 Å². The molecule has 0 saturated carbocycles. The number of hydrogen-bond acceptors (Lipinski definition) is 6. The Kier molecular flexibility index (Phi) is 9.61. The second-order valence-electron chi connectivity index (χ2n) is 9.03. The van der Waals surface area contributed by atoms with E-state index in [-0.39, 0.29) is 30.2 Å². The van der Waals surface area contributed by atoms with Crippen LogP contribution in [0.3, 0.4) is 0 Å². The number of rotatable bonds is 14. The lowest BCUT2D eigenvalue weighted by Crippen LogP contribution is -2.45. The molecule has 4 unspecified atom stereocenters. The van der Waals surface area contributed by atoms with Crippen LogP contribution in [0.4, 0.5) is 0 Å². The zero-order valence-electron chi connectivity index (χ0n) is 19.5. The summed E-state index contributed by atoms with van der Waals surface area (Å²) in [6.07, 6.45) is 6.44. The Bertz CT molecular complexity index is 821. The van der Waals surface area contributed by atoms with Crippen LogP contribution in [-0.4, -0.2) is 63.5 Å². The molecule has 0 aromatic heterocycles. The van der Waals surface area contributed by atoms with E-state index in [4.69, 9.17) is 19.3 Å². The molecule has 2 rings (SSSR count). The summed E-state index contributed by atoms with van der Waals surface area (Å²) in [4.78, 5) is 57.0. The van der Waals surface area contributed by atoms with E-state index >= 15 is 0 Å². The molecule has 0 aromatic carbocycles. The van der Waals surface area contributed by atoms with Gasteiger partial charge < -0.3 is 19.3 Å². The van der Waals surface area contributed by atoms with Gasteiger partial charge in [0.1, 0.15) is 12.2 Å². The minimum Gasteiger partial charge on any atom is -0.459 e. The fourth-order valence-electron chi connectivity index (χ4n) is 4.58. The van der Waals surface area contributed by atoms with Crippen molar-refractivity contribution >= 4 is 25.4 Å². The molecular weight excluding hydrogens is 449 g/mol. The summed E-state index contributed by atoms with van der Waals surface area (Å²) >= 11 is 0. The van der Waals surface area contributed by atoms with Gasteiger partial charge >= 0.3 is 13.6 Å². The predicted molar refractivity (Wildman–Crippen MR) is 122 cm³/mol. The number of ether oxygens (including phenoxy) is 2. The molecule has 10 heteroatoms. The number of likely N-dealkylation sites (tertiary alicyclic amines) is 1. The first-order valence-corrected chi connectivity index (χ1v) is 13.3. The summed E-state index contributed by atoms with van der Waals surface area (Å²) in [6.45, 7) is 10.7. The minimum atomic E-state index is -3.91. The van der Waals surface area contributed by atoms with Crippen molar-refractivity contribution in [3.05, 3.63) is 24.8 Å². The maximum atomic E-state index is 13.2. The lowest BCUT2D eigenvalue weighted by molar-refractivity contribution is -0.155. The molecule has 4 atom stereocenters. The van der Waals surface area contributed by atoms with E-state index in [0.29, 0.717) is 19.4 Å². The number of imide groups is 1. The van der Waals surface area contributed by atoms with Crippen molar-refractivity contribution in [2.75, 3.05) is 19.3 Å². The van der Waals surface area contributed by atoms with Crippen molar-refractivity contribution in [1.29, 1.82) is 0 Å². The summed E-state index contributed by atoms with van der Waals surface area (Å²) in [7, 11) is -3.91. The van der Waals surface area contributed by atoms with Crippen LogP contribution >= 0.6 is 7.60 Å². The lowest BCUT2D eigenvalue weighted by atomic mass is 9.81. The number of carbonyl (C=O) groups is 3. The fraction of sp³-hybridized carbons (Fsp3) is 0.696. The van der Waals surface area contributed by atoms with E-state index in [2.05, 4.69) is 13.2 Å². The van der Waals surface area contributed by atoms with Crippen LogP contribution in [0, 0.1) is 11.8 Å². The van der Waals surface area contributed by atoms with Gasteiger partial charge in [0.15, 0.2) is 0 Å². The van der Waals surface area contributed by atoms with E-state index in [0.717, 1.165) is 32.1 Å². The van der Waals surface area contributed by atoms with E-state index < -0.39 is 37.1 Å². The molecule has 2 heterocycles. The van der Waals surface area contributed by atoms with E-state index in [1.165, 1.54) is 17.9 Å². The third-order valence-corrected chi connectivity index (χ3v) is 7.23. The number of amides is 2. The standard InChI is InChI=1S/C23H36NO8P/c1-5-23(15-31-22(27)16(2)3)19-18(17(4)32-23)20(25)24(21(19)26)13-11-9-7-6-8-10-12-14-33(28,29)30/h5,17-19H,1-2,6-15H2,3-4H3,(H2,28,29,30). The molecule has 0 aliphatic carbocycles. The molecule has 0 bridgehead atoms. The normalized spacial score (nSPS) is 27.0. The largest absolute Gasteiger partial charge is 0.459 e. The highest BCUT2D eigenvalue weighted by atomic mass is 31.2. The highest BCUT2D eigenvalue weighted by molar-refractivity contribution is 7.51. The van der Waals surface area contributed by atoms with Crippen LogP contribution in [0.15, 0.2) is 24.8 Å². The first-order valence-electron chi connectivity index (χ1n) is 11.5. The van der Waals surface area contributed by atoms with E-state index in [9.17, 15) is 18.9 Å². The van der Waals surface area contributed by atoms with Gasteiger partial charge in [-0.25, -0.2) is 4.79 Å². The van der Waals surface area contributed by atoms with Gasteiger partial charge in [0, 0.05) is 18.3 Å². The van der Waals surface area contributed by atoms with Crippen molar-refractivity contribution in [3.8, 4) is 0 Å². The van der Waals surface area contributed by atoms with Gasteiger partial charge in [-0.3, -0.25) is 19.1 Å². The monoisotopic (exact) mass is 485 g/mol. The molecule has 0 aromatic rings. The van der Waals surface area contributed by atoms with Crippen molar-refractivity contribution < 1.29 is 38.2 Å². The lowest BCUT2D eigenvalue weighted by Gasteiger charge is -2.30. The Hall–Kier alpha value is -1.80. The molecule has 33 heavy (non-hydrogen) atoms. The van der Waals surface area contributed by atoms with Gasteiger partial charge in [-0.05, 0) is 26.7 Å². The molecule has 2 amide bonds. The maximum Gasteiger partial charge on any atom is 0.333 e. The number of carbonyl (C=O) groups excluding carboxylic acids is 3. The Labute approximate surface area is 195 Å². The van der Waals surface area contributed by atoms with Crippen LogP contribution in [0.5, 0.6) is 0 Å². The smallest absolute Gasteiger partial charge is 0.333 e. The fourth-order valence-corrected chi connectivity index (χ4v) is 5.22. The molecule has 0 radical (unpaired) electrons. The van der Waals surface area contributed by atoms with Gasteiger partial charge in [-0.2, -0.15) is 0 Å². The summed E-state index contributed by atoms with van der Waals surface area (Å²) < 4.78 is 22.0. The highest BCUT2D eigenvalue weighted by Gasteiger charge is 2.64. The topological polar surface area (TPSA) is 130 Å². The van der Waals surface area contributed by atoms with Crippen LogP contribution in [0.2, 0.25) is 0 Å². The number of nitrogens with zero attached hydrogens (tertiary/aromatic N) is 1. The second kappa shape index (κ2) is 11.6. The molecular formula is C23H36NO8P. The molecule has 2 aliphatic rings.